The Morgan fingerprint density at radius 3 is 3.05 bits per heavy atom. The number of benzene rings is 1. The fraction of sp³-hybridized carbons (Fsp3) is 0.562. The number of rotatable bonds is 4. The molecule has 2 aliphatic carbocycles. The Balaban J connectivity index is 1.53. The Hall–Kier alpha value is -1.75. The van der Waals surface area contributed by atoms with Gasteiger partial charge in [-0.05, 0) is 44.4 Å². The lowest BCUT2D eigenvalue weighted by Gasteiger charge is -2.61. The predicted octanol–water partition coefficient (Wildman–Crippen LogP) is 2.88. The van der Waals surface area contributed by atoms with Crippen molar-refractivity contribution in [2.24, 2.45) is 5.41 Å². The van der Waals surface area contributed by atoms with Crippen LogP contribution in [0.4, 0.5) is 5.69 Å². The van der Waals surface area contributed by atoms with Gasteiger partial charge >= 0.3 is 5.76 Å². The number of H-pyrrole nitrogens is 1. The summed E-state index contributed by atoms with van der Waals surface area (Å²) in [4.78, 5) is 13.9. The molecule has 1 aromatic heterocycles. The highest BCUT2D eigenvalue weighted by molar-refractivity contribution is 5.77. The SMILES string of the molecule is CCOC1CC(Nc2ccc3oc(=O)[nH]c3c2)C12CCC2. The van der Waals surface area contributed by atoms with Gasteiger partial charge in [0.05, 0.1) is 11.6 Å². The molecule has 21 heavy (non-hydrogen) atoms. The number of hydrogen-bond donors (Lipinski definition) is 2. The summed E-state index contributed by atoms with van der Waals surface area (Å²) in [6, 6.07) is 6.22. The van der Waals surface area contributed by atoms with Gasteiger partial charge in [-0.25, -0.2) is 4.79 Å². The second-order valence-corrected chi connectivity index (χ2v) is 6.19. The molecule has 0 aliphatic heterocycles. The van der Waals surface area contributed by atoms with Gasteiger partial charge in [0.25, 0.3) is 0 Å². The van der Waals surface area contributed by atoms with Gasteiger partial charge in [-0.3, -0.25) is 4.98 Å². The van der Waals surface area contributed by atoms with Crippen molar-refractivity contribution < 1.29 is 9.15 Å². The summed E-state index contributed by atoms with van der Waals surface area (Å²) in [5.74, 6) is -0.405. The molecule has 0 saturated heterocycles. The van der Waals surface area contributed by atoms with Gasteiger partial charge in [0, 0.05) is 23.8 Å². The summed E-state index contributed by atoms with van der Waals surface area (Å²) in [6.45, 7) is 2.86. The van der Waals surface area contributed by atoms with E-state index in [0.717, 1.165) is 24.2 Å². The minimum atomic E-state index is -0.405. The van der Waals surface area contributed by atoms with Crippen LogP contribution < -0.4 is 11.1 Å². The first-order chi connectivity index (χ1) is 10.2. The lowest BCUT2D eigenvalue weighted by Crippen LogP contribution is -2.64. The molecule has 1 aromatic carbocycles. The van der Waals surface area contributed by atoms with Crippen LogP contribution in [0, 0.1) is 5.41 Å². The first kappa shape index (κ1) is 13.0. The summed E-state index contributed by atoms with van der Waals surface area (Å²) in [6.07, 6.45) is 5.27. The van der Waals surface area contributed by atoms with E-state index < -0.39 is 5.76 Å². The van der Waals surface area contributed by atoms with E-state index in [2.05, 4.69) is 17.2 Å². The monoisotopic (exact) mass is 288 g/mol. The third kappa shape index (κ3) is 1.91. The van der Waals surface area contributed by atoms with Crippen LogP contribution in [0.1, 0.15) is 32.6 Å². The zero-order valence-electron chi connectivity index (χ0n) is 12.1. The van der Waals surface area contributed by atoms with Crippen LogP contribution >= 0.6 is 0 Å². The highest BCUT2D eigenvalue weighted by atomic mass is 16.5. The maximum Gasteiger partial charge on any atom is 0.417 e. The molecule has 2 aliphatic rings. The number of ether oxygens (including phenoxy) is 1. The number of aromatic nitrogens is 1. The molecule has 1 heterocycles. The molecule has 5 heteroatoms. The third-order valence-electron chi connectivity index (χ3n) is 5.20. The summed E-state index contributed by atoms with van der Waals surface area (Å²) < 4.78 is 10.9. The Kier molecular flexibility index (Phi) is 2.85. The van der Waals surface area contributed by atoms with Gasteiger partial charge in [0.2, 0.25) is 0 Å². The van der Waals surface area contributed by atoms with E-state index in [1.807, 2.05) is 18.2 Å². The molecule has 2 atom stereocenters. The van der Waals surface area contributed by atoms with Gasteiger partial charge in [-0.1, -0.05) is 6.42 Å². The molecule has 2 aromatic rings. The van der Waals surface area contributed by atoms with Crippen LogP contribution in [-0.4, -0.2) is 23.7 Å². The zero-order chi connectivity index (χ0) is 14.4. The Morgan fingerprint density at radius 2 is 2.33 bits per heavy atom. The Labute approximate surface area is 122 Å². The normalized spacial score (nSPS) is 26.5. The average Bonchev–Trinajstić information content (AvgIpc) is 2.74. The van der Waals surface area contributed by atoms with Crippen LogP contribution in [0.5, 0.6) is 0 Å². The van der Waals surface area contributed by atoms with Crippen LogP contribution in [0.15, 0.2) is 27.4 Å². The molecule has 2 N–H and O–H groups in total. The second-order valence-electron chi connectivity index (χ2n) is 6.19. The maximum atomic E-state index is 11.2. The quantitative estimate of drug-likeness (QED) is 0.907. The summed E-state index contributed by atoms with van der Waals surface area (Å²) in [5.41, 5.74) is 2.71. The van der Waals surface area contributed by atoms with Crippen molar-refractivity contribution in [3.63, 3.8) is 0 Å². The summed E-state index contributed by atoms with van der Waals surface area (Å²) in [7, 11) is 0. The van der Waals surface area contributed by atoms with Crippen molar-refractivity contribution in [1.29, 1.82) is 0 Å². The van der Waals surface area contributed by atoms with E-state index in [4.69, 9.17) is 9.15 Å². The van der Waals surface area contributed by atoms with Crippen molar-refractivity contribution in [2.45, 2.75) is 44.8 Å². The largest absolute Gasteiger partial charge is 0.417 e. The third-order valence-corrected chi connectivity index (χ3v) is 5.20. The fourth-order valence-corrected chi connectivity index (χ4v) is 3.88. The van der Waals surface area contributed by atoms with Crippen molar-refractivity contribution in [3.8, 4) is 0 Å². The predicted molar refractivity (Wildman–Crippen MR) is 80.6 cm³/mol. The van der Waals surface area contributed by atoms with E-state index in [1.165, 1.54) is 19.3 Å². The lowest BCUT2D eigenvalue weighted by atomic mass is 9.51. The first-order valence-electron chi connectivity index (χ1n) is 7.72. The standard InChI is InChI=1S/C16H20N2O3/c1-2-20-14-9-13(16(14)6-3-7-16)17-10-4-5-12-11(8-10)18-15(19)21-12/h4-5,8,13-14,17H,2-3,6-7,9H2,1H3,(H,18,19). The average molecular weight is 288 g/mol. The smallest absolute Gasteiger partial charge is 0.408 e. The van der Waals surface area contributed by atoms with Crippen molar-refractivity contribution in [3.05, 3.63) is 28.7 Å². The second kappa shape index (κ2) is 4.63. The topological polar surface area (TPSA) is 67.3 Å². The molecule has 2 unspecified atom stereocenters. The molecule has 1 spiro atoms. The van der Waals surface area contributed by atoms with E-state index in [-0.39, 0.29) is 0 Å². The Morgan fingerprint density at radius 1 is 1.48 bits per heavy atom. The molecule has 5 nitrogen and oxygen atoms in total. The first-order valence-corrected chi connectivity index (χ1v) is 7.72. The molecule has 0 bridgehead atoms. The van der Waals surface area contributed by atoms with E-state index >= 15 is 0 Å². The van der Waals surface area contributed by atoms with E-state index in [0.29, 0.717) is 23.1 Å². The highest BCUT2D eigenvalue weighted by Gasteiger charge is 2.58. The van der Waals surface area contributed by atoms with Gasteiger partial charge in [0.15, 0.2) is 5.58 Å². The molecule has 2 fully saturated rings. The molecular weight excluding hydrogens is 268 g/mol. The summed E-state index contributed by atoms with van der Waals surface area (Å²) >= 11 is 0. The number of anilines is 1. The molecule has 4 rings (SSSR count). The summed E-state index contributed by atoms with van der Waals surface area (Å²) in [5, 5.41) is 3.62. The number of oxazole rings is 1. The molecule has 0 amide bonds. The van der Waals surface area contributed by atoms with Gasteiger partial charge in [-0.2, -0.15) is 0 Å². The molecule has 2 saturated carbocycles. The Bertz CT molecular complexity index is 714. The minimum absolute atomic E-state index is 0.328. The van der Waals surface area contributed by atoms with Crippen LogP contribution in [0.2, 0.25) is 0 Å². The van der Waals surface area contributed by atoms with Crippen LogP contribution in [-0.2, 0) is 4.74 Å². The number of aromatic amines is 1. The number of nitrogens with one attached hydrogen (secondary N) is 2. The molecular formula is C16H20N2O3. The van der Waals surface area contributed by atoms with Crippen LogP contribution in [0.25, 0.3) is 11.1 Å². The van der Waals surface area contributed by atoms with E-state index in [1.54, 1.807) is 0 Å². The minimum Gasteiger partial charge on any atom is -0.408 e. The molecule has 112 valence electrons. The van der Waals surface area contributed by atoms with Crippen molar-refractivity contribution in [2.75, 3.05) is 11.9 Å². The zero-order valence-corrected chi connectivity index (χ0v) is 12.1. The number of hydrogen-bond acceptors (Lipinski definition) is 4. The van der Waals surface area contributed by atoms with E-state index in [9.17, 15) is 4.79 Å². The maximum absolute atomic E-state index is 11.2. The van der Waals surface area contributed by atoms with Gasteiger partial charge < -0.3 is 14.5 Å². The van der Waals surface area contributed by atoms with Crippen molar-refractivity contribution >= 4 is 16.8 Å². The molecule has 0 radical (unpaired) electrons. The van der Waals surface area contributed by atoms with Gasteiger partial charge in [0.1, 0.15) is 0 Å². The lowest BCUT2D eigenvalue weighted by molar-refractivity contribution is -0.157. The number of fused-ring (bicyclic) bond motifs is 1. The highest BCUT2D eigenvalue weighted by Crippen LogP contribution is 2.58. The van der Waals surface area contributed by atoms with Gasteiger partial charge in [-0.15, -0.1) is 0 Å². The fourth-order valence-electron chi connectivity index (χ4n) is 3.88. The van der Waals surface area contributed by atoms with Crippen molar-refractivity contribution in [1.82, 2.24) is 4.98 Å². The van der Waals surface area contributed by atoms with Crippen LogP contribution in [0.3, 0.4) is 0 Å².